The molecule has 218 valence electrons. The standard InChI is InChI=1S/C43H24N2O2/c1-3-13-26-24(10-1)12-9-18-30(26)39-41(44-40-32-17-7-8-19-36(32)47-43(40)45-39)38-29-16-6-5-15-28(29)33-22-34-31-21-20-25-11-2-4-14-27(25)42(31)46-37(34)23-35(33)38/h1-23,38H. The van der Waals surface area contributed by atoms with Gasteiger partial charge in [-0.15, -0.1) is 0 Å². The maximum Gasteiger partial charge on any atom is 0.246 e. The van der Waals surface area contributed by atoms with Gasteiger partial charge < -0.3 is 8.83 Å². The van der Waals surface area contributed by atoms with Gasteiger partial charge in [-0.25, -0.2) is 9.97 Å². The third kappa shape index (κ3) is 3.42. The first kappa shape index (κ1) is 25.0. The fourth-order valence-electron chi connectivity index (χ4n) is 7.86. The highest BCUT2D eigenvalue weighted by Crippen LogP contribution is 2.52. The zero-order valence-corrected chi connectivity index (χ0v) is 25.1. The molecule has 0 radical (unpaired) electrons. The highest BCUT2D eigenvalue weighted by atomic mass is 16.3. The lowest BCUT2D eigenvalue weighted by Crippen LogP contribution is -2.07. The van der Waals surface area contributed by atoms with Crippen molar-refractivity contribution in [1.82, 2.24) is 9.97 Å². The molecule has 7 aromatic carbocycles. The molecule has 0 saturated carbocycles. The highest BCUT2D eigenvalue weighted by molar-refractivity contribution is 6.16. The molecule has 10 aromatic rings. The number of hydrogen-bond acceptors (Lipinski definition) is 4. The third-order valence-corrected chi connectivity index (χ3v) is 9.96. The molecule has 0 bridgehead atoms. The van der Waals surface area contributed by atoms with E-state index >= 15 is 0 Å². The summed E-state index contributed by atoms with van der Waals surface area (Å²) in [7, 11) is 0. The Morgan fingerprint density at radius 3 is 2.09 bits per heavy atom. The number of aromatic nitrogens is 2. The zero-order valence-electron chi connectivity index (χ0n) is 25.1. The van der Waals surface area contributed by atoms with Gasteiger partial charge in [-0.3, -0.25) is 0 Å². The van der Waals surface area contributed by atoms with Gasteiger partial charge in [-0.1, -0.05) is 109 Å². The predicted octanol–water partition coefficient (Wildman–Crippen LogP) is 11.4. The Labute approximate surface area is 268 Å². The summed E-state index contributed by atoms with van der Waals surface area (Å²) < 4.78 is 13.0. The summed E-state index contributed by atoms with van der Waals surface area (Å²) in [6.45, 7) is 0. The minimum atomic E-state index is -0.157. The second-order valence-corrected chi connectivity index (χ2v) is 12.5. The van der Waals surface area contributed by atoms with E-state index in [2.05, 4.69) is 121 Å². The molecule has 3 aromatic heterocycles. The number of hydrogen-bond donors (Lipinski definition) is 0. The lowest BCUT2D eigenvalue weighted by atomic mass is 9.89. The van der Waals surface area contributed by atoms with Crippen LogP contribution in [0.1, 0.15) is 22.7 Å². The van der Waals surface area contributed by atoms with Crippen molar-refractivity contribution >= 4 is 65.7 Å². The summed E-state index contributed by atoms with van der Waals surface area (Å²) in [5, 5.41) is 7.80. The molecule has 47 heavy (non-hydrogen) atoms. The van der Waals surface area contributed by atoms with E-state index in [1.54, 1.807) is 0 Å². The van der Waals surface area contributed by atoms with Gasteiger partial charge in [-0.2, -0.15) is 0 Å². The van der Waals surface area contributed by atoms with Crippen LogP contribution in [0.5, 0.6) is 0 Å². The molecule has 0 saturated heterocycles. The number of nitrogens with zero attached hydrogens (tertiary/aromatic N) is 2. The number of furan rings is 2. The SMILES string of the molecule is c1ccc2c(c1)-c1cc3c(cc1C2c1nc2c(nc1-c1cccc4ccccc14)oc1ccccc12)oc1c2ccccc2ccc31. The van der Waals surface area contributed by atoms with Crippen molar-refractivity contribution in [2.75, 3.05) is 0 Å². The molecular weight excluding hydrogens is 576 g/mol. The maximum atomic E-state index is 6.71. The minimum absolute atomic E-state index is 0.157. The van der Waals surface area contributed by atoms with Crippen LogP contribution in [0.4, 0.5) is 0 Å². The van der Waals surface area contributed by atoms with Crippen LogP contribution in [0.15, 0.2) is 148 Å². The van der Waals surface area contributed by atoms with Gasteiger partial charge in [0.15, 0.2) is 0 Å². The fourth-order valence-corrected chi connectivity index (χ4v) is 7.86. The molecule has 1 aliphatic rings. The topological polar surface area (TPSA) is 52.1 Å². The first-order chi connectivity index (χ1) is 23.3. The quantitative estimate of drug-likeness (QED) is 0.198. The van der Waals surface area contributed by atoms with E-state index < -0.39 is 0 Å². The Morgan fingerprint density at radius 1 is 0.447 bits per heavy atom. The van der Waals surface area contributed by atoms with Crippen LogP contribution >= 0.6 is 0 Å². The van der Waals surface area contributed by atoms with E-state index in [0.717, 1.165) is 71.5 Å². The van der Waals surface area contributed by atoms with Crippen molar-refractivity contribution in [3.05, 3.63) is 156 Å². The maximum absolute atomic E-state index is 6.71. The van der Waals surface area contributed by atoms with Gasteiger partial charge in [0.2, 0.25) is 5.71 Å². The van der Waals surface area contributed by atoms with Crippen LogP contribution in [0.2, 0.25) is 0 Å². The van der Waals surface area contributed by atoms with Crippen LogP contribution in [0, 0.1) is 0 Å². The van der Waals surface area contributed by atoms with Crippen LogP contribution < -0.4 is 0 Å². The van der Waals surface area contributed by atoms with Crippen molar-refractivity contribution in [3.63, 3.8) is 0 Å². The summed E-state index contributed by atoms with van der Waals surface area (Å²) >= 11 is 0. The minimum Gasteiger partial charge on any atom is -0.455 e. The van der Waals surface area contributed by atoms with Gasteiger partial charge in [0.05, 0.1) is 17.3 Å². The van der Waals surface area contributed by atoms with Crippen LogP contribution in [-0.4, -0.2) is 9.97 Å². The largest absolute Gasteiger partial charge is 0.455 e. The van der Waals surface area contributed by atoms with Crippen molar-refractivity contribution in [2.45, 2.75) is 5.92 Å². The number of benzene rings is 7. The summed E-state index contributed by atoms with van der Waals surface area (Å²) in [5.74, 6) is -0.157. The van der Waals surface area contributed by atoms with Crippen molar-refractivity contribution < 1.29 is 8.83 Å². The average Bonchev–Trinajstić information content (AvgIpc) is 3.78. The molecule has 0 amide bonds. The normalized spacial score (nSPS) is 14.2. The summed E-state index contributed by atoms with van der Waals surface area (Å²) in [4.78, 5) is 10.8. The Hall–Kier alpha value is -6.26. The molecule has 1 aliphatic carbocycles. The van der Waals surface area contributed by atoms with Gasteiger partial charge in [0.25, 0.3) is 0 Å². The van der Waals surface area contributed by atoms with Gasteiger partial charge in [0.1, 0.15) is 22.3 Å². The predicted molar refractivity (Wildman–Crippen MR) is 190 cm³/mol. The highest BCUT2D eigenvalue weighted by Gasteiger charge is 2.35. The van der Waals surface area contributed by atoms with E-state index in [1.165, 1.54) is 27.6 Å². The summed E-state index contributed by atoms with van der Waals surface area (Å²) in [6, 6.07) is 49.0. The molecule has 3 heterocycles. The Balaban J connectivity index is 1.25. The third-order valence-electron chi connectivity index (χ3n) is 9.96. The molecule has 0 fully saturated rings. The summed E-state index contributed by atoms with van der Waals surface area (Å²) in [5.41, 5.74) is 11.5. The van der Waals surface area contributed by atoms with Crippen LogP contribution in [0.3, 0.4) is 0 Å². The first-order valence-corrected chi connectivity index (χ1v) is 15.9. The van der Waals surface area contributed by atoms with E-state index in [9.17, 15) is 0 Å². The average molecular weight is 601 g/mol. The molecule has 1 atom stereocenters. The van der Waals surface area contributed by atoms with E-state index in [4.69, 9.17) is 18.8 Å². The van der Waals surface area contributed by atoms with Gasteiger partial charge >= 0.3 is 0 Å². The second-order valence-electron chi connectivity index (χ2n) is 12.5. The van der Waals surface area contributed by atoms with Crippen molar-refractivity contribution in [2.24, 2.45) is 0 Å². The Kier molecular flexibility index (Phi) is 4.86. The smallest absolute Gasteiger partial charge is 0.246 e. The lowest BCUT2D eigenvalue weighted by Gasteiger charge is -2.18. The molecule has 0 N–H and O–H groups in total. The van der Waals surface area contributed by atoms with Crippen LogP contribution in [-0.2, 0) is 0 Å². The number of rotatable bonds is 2. The molecule has 0 aliphatic heterocycles. The summed E-state index contributed by atoms with van der Waals surface area (Å²) in [6.07, 6.45) is 0. The Morgan fingerprint density at radius 2 is 1.17 bits per heavy atom. The monoisotopic (exact) mass is 600 g/mol. The zero-order chi connectivity index (χ0) is 30.6. The van der Waals surface area contributed by atoms with Crippen molar-refractivity contribution in [1.29, 1.82) is 0 Å². The van der Waals surface area contributed by atoms with E-state index in [1.807, 2.05) is 18.2 Å². The molecular formula is C43H24N2O2. The number of fused-ring (bicyclic) bond motifs is 12. The first-order valence-electron chi connectivity index (χ1n) is 15.9. The van der Waals surface area contributed by atoms with Crippen LogP contribution in [0.25, 0.3) is 88.1 Å². The molecule has 11 rings (SSSR count). The Bertz CT molecular complexity index is 2930. The molecule has 4 heteroatoms. The fraction of sp³-hybridized carbons (Fsp3) is 0.0233. The van der Waals surface area contributed by atoms with Crippen molar-refractivity contribution in [3.8, 4) is 22.4 Å². The van der Waals surface area contributed by atoms with Gasteiger partial charge in [-0.05, 0) is 68.7 Å². The number of para-hydroxylation sites is 1. The molecule has 0 spiro atoms. The van der Waals surface area contributed by atoms with Gasteiger partial charge in [0, 0.05) is 27.1 Å². The van der Waals surface area contributed by atoms with E-state index in [-0.39, 0.29) is 5.92 Å². The second kappa shape index (κ2) is 9.15. The van der Waals surface area contributed by atoms with E-state index in [0.29, 0.717) is 5.71 Å². The molecule has 4 nitrogen and oxygen atoms in total. The lowest BCUT2D eigenvalue weighted by molar-refractivity contribution is 0.652. The molecule has 1 unspecified atom stereocenters.